The second kappa shape index (κ2) is 11.9. The molecule has 0 N–H and O–H groups in total. The van der Waals surface area contributed by atoms with Gasteiger partial charge in [-0.1, -0.05) is 80.6 Å². The van der Waals surface area contributed by atoms with Crippen molar-refractivity contribution in [3.05, 3.63) is 124 Å². The molecule has 42 heavy (non-hydrogen) atoms. The molecule has 1 heterocycles. The van der Waals surface area contributed by atoms with Crippen LogP contribution in [0.5, 0.6) is 11.5 Å². The summed E-state index contributed by atoms with van der Waals surface area (Å²) in [7, 11) is 0. The van der Waals surface area contributed by atoms with Crippen LogP contribution in [0.2, 0.25) is 0 Å². The van der Waals surface area contributed by atoms with Crippen molar-refractivity contribution in [3.8, 4) is 11.5 Å². The van der Waals surface area contributed by atoms with Crippen LogP contribution in [0.25, 0.3) is 16.8 Å². The first kappa shape index (κ1) is 28.6. The van der Waals surface area contributed by atoms with Crippen LogP contribution >= 0.6 is 0 Å². The van der Waals surface area contributed by atoms with Crippen LogP contribution in [0.4, 0.5) is 0 Å². The highest BCUT2D eigenvalue weighted by Crippen LogP contribution is 2.52. The lowest BCUT2D eigenvalue weighted by molar-refractivity contribution is -0.134. The molecule has 6 heteroatoms. The van der Waals surface area contributed by atoms with Gasteiger partial charge >= 0.3 is 17.9 Å². The predicted molar refractivity (Wildman–Crippen MR) is 163 cm³/mol. The Labute approximate surface area is 245 Å². The molecule has 212 valence electrons. The van der Waals surface area contributed by atoms with E-state index in [2.05, 4.69) is 0 Å². The maximum Gasteiger partial charge on any atom is 0.340 e. The molecule has 4 aromatic rings. The zero-order valence-corrected chi connectivity index (χ0v) is 24.1. The molecule has 0 fully saturated rings. The van der Waals surface area contributed by atoms with E-state index in [1.54, 1.807) is 32.0 Å². The molecule has 0 aliphatic carbocycles. The molecular formula is C36H32O6. The molecule has 5 rings (SSSR count). The third-order valence-electron chi connectivity index (χ3n) is 7.47. The van der Waals surface area contributed by atoms with Crippen molar-refractivity contribution in [1.82, 2.24) is 0 Å². The number of fused-ring (bicyclic) bond motifs is 2. The molecule has 1 unspecified atom stereocenters. The molecule has 1 aliphatic heterocycles. The summed E-state index contributed by atoms with van der Waals surface area (Å²) in [6, 6.07) is 22.2. The summed E-state index contributed by atoms with van der Waals surface area (Å²) in [6.45, 7) is 7.30. The molecule has 4 aromatic carbocycles. The first-order valence-electron chi connectivity index (χ1n) is 14.1. The molecule has 1 atom stereocenters. The van der Waals surface area contributed by atoms with Crippen LogP contribution in [-0.2, 0) is 19.9 Å². The maximum atomic E-state index is 13.5. The zero-order chi connectivity index (χ0) is 29.9. The number of benzene rings is 4. The highest BCUT2D eigenvalue weighted by molar-refractivity contribution is 6.00. The number of esters is 3. The molecule has 0 bridgehead atoms. The van der Waals surface area contributed by atoms with Crippen molar-refractivity contribution >= 4 is 34.8 Å². The Morgan fingerprint density at radius 2 is 1.38 bits per heavy atom. The molecule has 0 aromatic heterocycles. The molecule has 1 aliphatic rings. The van der Waals surface area contributed by atoms with Gasteiger partial charge in [0.15, 0.2) is 5.60 Å². The van der Waals surface area contributed by atoms with Crippen molar-refractivity contribution in [3.63, 3.8) is 0 Å². The van der Waals surface area contributed by atoms with E-state index in [1.165, 1.54) is 0 Å². The lowest BCUT2D eigenvalue weighted by atomic mass is 9.75. The Morgan fingerprint density at radius 1 is 0.762 bits per heavy atom. The number of carbonyl (C=O) groups is 3. The number of rotatable bonds is 8. The van der Waals surface area contributed by atoms with E-state index < -0.39 is 11.6 Å². The summed E-state index contributed by atoms with van der Waals surface area (Å²) < 4.78 is 17.8. The summed E-state index contributed by atoms with van der Waals surface area (Å²) in [5.41, 5.74) is 2.71. The SMILES string of the molecule is C/C=C\C=C/c1c(C2(c3ccc(OC(=O)CC)c4ccccc34)OC(=O)c3ccccc32)ccc(OC(=O)CC)c1C. The number of hydrogen-bond acceptors (Lipinski definition) is 6. The van der Waals surface area contributed by atoms with Crippen LogP contribution in [-0.4, -0.2) is 17.9 Å². The first-order valence-corrected chi connectivity index (χ1v) is 14.1. The van der Waals surface area contributed by atoms with Crippen molar-refractivity contribution < 1.29 is 28.6 Å². The predicted octanol–water partition coefficient (Wildman–Crippen LogP) is 7.83. The van der Waals surface area contributed by atoms with Gasteiger partial charge in [0.2, 0.25) is 0 Å². The fourth-order valence-electron chi connectivity index (χ4n) is 5.42. The Bertz CT molecular complexity index is 1760. The van der Waals surface area contributed by atoms with E-state index in [9.17, 15) is 14.4 Å². The van der Waals surface area contributed by atoms with Gasteiger partial charge in [-0.05, 0) is 60.7 Å². The second-order valence-electron chi connectivity index (χ2n) is 9.96. The van der Waals surface area contributed by atoms with Crippen LogP contribution < -0.4 is 9.47 Å². The number of carbonyl (C=O) groups excluding carboxylic acids is 3. The largest absolute Gasteiger partial charge is 0.441 e. The van der Waals surface area contributed by atoms with Gasteiger partial charge in [-0.3, -0.25) is 9.59 Å². The van der Waals surface area contributed by atoms with Gasteiger partial charge in [-0.2, -0.15) is 0 Å². The van der Waals surface area contributed by atoms with Crippen molar-refractivity contribution in [2.45, 2.75) is 46.1 Å². The topological polar surface area (TPSA) is 78.9 Å². The monoisotopic (exact) mass is 560 g/mol. The van der Waals surface area contributed by atoms with E-state index in [0.717, 1.165) is 16.5 Å². The molecular weight excluding hydrogens is 528 g/mol. The molecule has 0 amide bonds. The third kappa shape index (κ3) is 4.90. The number of hydrogen-bond donors (Lipinski definition) is 0. The lowest BCUT2D eigenvalue weighted by Gasteiger charge is -2.33. The third-order valence-corrected chi connectivity index (χ3v) is 7.47. The Kier molecular flexibility index (Phi) is 8.07. The first-order chi connectivity index (χ1) is 20.3. The fraction of sp³-hybridized carbons (Fsp3) is 0.194. The highest BCUT2D eigenvalue weighted by Gasteiger charge is 2.50. The van der Waals surface area contributed by atoms with E-state index >= 15 is 0 Å². The maximum absolute atomic E-state index is 13.5. The summed E-state index contributed by atoms with van der Waals surface area (Å²) >= 11 is 0. The normalized spacial score (nSPS) is 16.1. The summed E-state index contributed by atoms with van der Waals surface area (Å²) in [5, 5.41) is 1.48. The number of cyclic esters (lactones) is 1. The molecule has 0 saturated heterocycles. The smallest absolute Gasteiger partial charge is 0.340 e. The van der Waals surface area contributed by atoms with Crippen LogP contribution in [0.15, 0.2) is 91.0 Å². The Hall–Kier alpha value is -4.97. The quantitative estimate of drug-likeness (QED) is 0.124. The lowest BCUT2D eigenvalue weighted by Crippen LogP contribution is -2.31. The van der Waals surface area contributed by atoms with E-state index in [4.69, 9.17) is 14.2 Å². The van der Waals surface area contributed by atoms with Gasteiger partial charge in [0, 0.05) is 34.9 Å². The standard InChI is InChI=1S/C36H32O6/c1-5-8-9-14-24-23(4)31(40-33(37)6-2)21-19-29(24)36(28-18-13-12-17-27(28)35(39)42-36)30-20-22-32(41-34(38)7-3)26-16-11-10-15-25(26)30/h5,8-22H,6-7H2,1-4H3/b8-5-,14-9-. The van der Waals surface area contributed by atoms with Crippen LogP contribution in [0, 0.1) is 6.92 Å². The fourth-order valence-corrected chi connectivity index (χ4v) is 5.42. The van der Waals surface area contributed by atoms with Gasteiger partial charge in [-0.15, -0.1) is 0 Å². The van der Waals surface area contributed by atoms with E-state index in [0.29, 0.717) is 39.1 Å². The number of allylic oxidation sites excluding steroid dienone is 3. The Balaban J connectivity index is 1.87. The second-order valence-corrected chi connectivity index (χ2v) is 9.96. The van der Waals surface area contributed by atoms with Gasteiger partial charge in [-0.25, -0.2) is 4.79 Å². The zero-order valence-electron chi connectivity index (χ0n) is 24.1. The molecule has 0 radical (unpaired) electrons. The number of ether oxygens (including phenoxy) is 3. The average molecular weight is 561 g/mol. The summed E-state index contributed by atoms with van der Waals surface area (Å²) in [5.74, 6) is -0.265. The van der Waals surface area contributed by atoms with Gasteiger partial charge in [0.1, 0.15) is 11.5 Å². The van der Waals surface area contributed by atoms with Gasteiger partial charge in [0.25, 0.3) is 0 Å². The van der Waals surface area contributed by atoms with Crippen LogP contribution in [0.3, 0.4) is 0 Å². The van der Waals surface area contributed by atoms with Crippen LogP contribution in [0.1, 0.15) is 71.8 Å². The molecule has 0 spiro atoms. The minimum absolute atomic E-state index is 0.237. The van der Waals surface area contributed by atoms with Gasteiger partial charge in [0.05, 0.1) is 5.56 Å². The van der Waals surface area contributed by atoms with Crippen molar-refractivity contribution in [2.24, 2.45) is 0 Å². The minimum Gasteiger partial charge on any atom is -0.441 e. The summed E-state index contributed by atoms with van der Waals surface area (Å²) in [6.07, 6.45) is 8.13. The molecule has 6 nitrogen and oxygen atoms in total. The van der Waals surface area contributed by atoms with E-state index in [-0.39, 0.29) is 24.8 Å². The minimum atomic E-state index is -1.35. The highest BCUT2D eigenvalue weighted by atomic mass is 16.6. The summed E-state index contributed by atoms with van der Waals surface area (Å²) in [4.78, 5) is 38.0. The van der Waals surface area contributed by atoms with Crippen molar-refractivity contribution in [1.29, 1.82) is 0 Å². The molecule has 0 saturated carbocycles. The Morgan fingerprint density at radius 3 is 2.10 bits per heavy atom. The van der Waals surface area contributed by atoms with Crippen molar-refractivity contribution in [2.75, 3.05) is 0 Å². The van der Waals surface area contributed by atoms with E-state index in [1.807, 2.05) is 92.7 Å². The average Bonchev–Trinajstić information content (AvgIpc) is 3.31. The van der Waals surface area contributed by atoms with Gasteiger partial charge < -0.3 is 14.2 Å².